The first-order valence-electron chi connectivity index (χ1n) is 6.20. The Labute approximate surface area is 130 Å². The van der Waals surface area contributed by atoms with Crippen LogP contribution in [0, 0.1) is 12.7 Å². The van der Waals surface area contributed by atoms with Crippen molar-refractivity contribution in [1.82, 2.24) is 0 Å². The van der Waals surface area contributed by atoms with Gasteiger partial charge in [-0.05, 0) is 52.7 Å². The van der Waals surface area contributed by atoms with Crippen molar-refractivity contribution in [2.45, 2.75) is 6.92 Å². The van der Waals surface area contributed by atoms with Crippen molar-refractivity contribution < 1.29 is 18.7 Å². The van der Waals surface area contributed by atoms with Crippen molar-refractivity contribution in [3.63, 3.8) is 0 Å². The smallest absolute Gasteiger partial charge is 0.198 e. The number of benzene rings is 2. The van der Waals surface area contributed by atoms with Gasteiger partial charge in [-0.1, -0.05) is 0 Å². The predicted octanol–water partition coefficient (Wildman–Crippen LogP) is 4.14. The van der Waals surface area contributed by atoms with Gasteiger partial charge in [0.25, 0.3) is 0 Å². The van der Waals surface area contributed by atoms with Gasteiger partial charge in [0.05, 0.1) is 19.8 Å². The summed E-state index contributed by atoms with van der Waals surface area (Å²) in [5.41, 5.74) is 1.39. The average Bonchev–Trinajstić information content (AvgIpc) is 2.45. The maximum Gasteiger partial charge on any atom is 0.198 e. The fourth-order valence-electron chi connectivity index (χ4n) is 2.07. The molecule has 5 heteroatoms. The van der Waals surface area contributed by atoms with Crippen molar-refractivity contribution in [2.24, 2.45) is 0 Å². The number of ketones is 1. The predicted molar refractivity (Wildman–Crippen MR) is 81.8 cm³/mol. The first kappa shape index (κ1) is 15.5. The van der Waals surface area contributed by atoms with Crippen molar-refractivity contribution in [3.05, 3.63) is 57.3 Å². The molecule has 0 unspecified atom stereocenters. The Balaban J connectivity index is 2.57. The normalized spacial score (nSPS) is 10.3. The van der Waals surface area contributed by atoms with E-state index in [0.29, 0.717) is 32.7 Å². The summed E-state index contributed by atoms with van der Waals surface area (Å²) in [4.78, 5) is 12.7. The fourth-order valence-corrected chi connectivity index (χ4v) is 2.67. The summed E-state index contributed by atoms with van der Waals surface area (Å²) in [7, 11) is 3.02. The molecule has 0 saturated heterocycles. The standard InChI is InChI=1S/C16H14BrFO3/c1-9-6-10(18)4-5-12(9)16(19)15-13(17)7-11(20-2)8-14(15)21-3/h4-8H,1-3H3. The number of carbonyl (C=O) groups is 1. The number of hydrogen-bond donors (Lipinski definition) is 0. The third-order valence-corrected chi connectivity index (χ3v) is 3.77. The molecule has 2 aromatic carbocycles. The molecular formula is C16H14BrFO3. The zero-order chi connectivity index (χ0) is 15.6. The summed E-state index contributed by atoms with van der Waals surface area (Å²) >= 11 is 3.36. The molecule has 0 fully saturated rings. The summed E-state index contributed by atoms with van der Waals surface area (Å²) < 4.78 is 24.2. The number of methoxy groups -OCH3 is 2. The third kappa shape index (κ3) is 3.08. The van der Waals surface area contributed by atoms with Crippen LogP contribution in [0.5, 0.6) is 11.5 Å². The molecule has 2 aromatic rings. The van der Waals surface area contributed by atoms with E-state index < -0.39 is 0 Å². The maximum absolute atomic E-state index is 13.2. The molecule has 0 amide bonds. The Morgan fingerprint density at radius 2 is 1.86 bits per heavy atom. The molecular weight excluding hydrogens is 339 g/mol. The lowest BCUT2D eigenvalue weighted by Gasteiger charge is -2.13. The quantitative estimate of drug-likeness (QED) is 0.775. The van der Waals surface area contributed by atoms with Gasteiger partial charge in [-0.25, -0.2) is 4.39 Å². The molecule has 110 valence electrons. The average molecular weight is 353 g/mol. The number of hydrogen-bond acceptors (Lipinski definition) is 3. The van der Waals surface area contributed by atoms with Crippen LogP contribution in [-0.4, -0.2) is 20.0 Å². The van der Waals surface area contributed by atoms with E-state index in [1.54, 1.807) is 19.1 Å². The molecule has 0 atom stereocenters. The van der Waals surface area contributed by atoms with Crippen molar-refractivity contribution in [1.29, 1.82) is 0 Å². The fraction of sp³-hybridized carbons (Fsp3) is 0.188. The lowest BCUT2D eigenvalue weighted by atomic mass is 9.98. The van der Waals surface area contributed by atoms with Gasteiger partial charge in [0.2, 0.25) is 0 Å². The highest BCUT2D eigenvalue weighted by atomic mass is 79.9. The largest absolute Gasteiger partial charge is 0.497 e. The van der Waals surface area contributed by atoms with Gasteiger partial charge in [0.15, 0.2) is 5.78 Å². The first-order valence-corrected chi connectivity index (χ1v) is 6.99. The van der Waals surface area contributed by atoms with Crippen LogP contribution in [0.4, 0.5) is 4.39 Å². The molecule has 0 N–H and O–H groups in total. The number of carbonyl (C=O) groups excluding carboxylic acids is 1. The molecule has 0 aliphatic carbocycles. The van der Waals surface area contributed by atoms with Gasteiger partial charge < -0.3 is 9.47 Å². The number of halogens is 2. The van der Waals surface area contributed by atoms with E-state index in [0.717, 1.165) is 0 Å². The molecule has 0 saturated carbocycles. The Kier molecular flexibility index (Phi) is 4.63. The van der Waals surface area contributed by atoms with Gasteiger partial charge in [-0.15, -0.1) is 0 Å². The van der Waals surface area contributed by atoms with E-state index in [-0.39, 0.29) is 11.6 Å². The number of rotatable bonds is 4. The molecule has 0 bridgehead atoms. The van der Waals surface area contributed by atoms with Crippen LogP contribution in [0.15, 0.2) is 34.8 Å². The van der Waals surface area contributed by atoms with Gasteiger partial charge in [0.1, 0.15) is 17.3 Å². The van der Waals surface area contributed by atoms with Crippen LogP contribution < -0.4 is 9.47 Å². The summed E-state index contributed by atoms with van der Waals surface area (Å²) in [6, 6.07) is 7.40. The Morgan fingerprint density at radius 1 is 1.14 bits per heavy atom. The lowest BCUT2D eigenvalue weighted by molar-refractivity contribution is 0.103. The molecule has 3 nitrogen and oxygen atoms in total. The van der Waals surface area contributed by atoms with E-state index in [9.17, 15) is 9.18 Å². The monoisotopic (exact) mass is 352 g/mol. The van der Waals surface area contributed by atoms with Crippen LogP contribution in [0.3, 0.4) is 0 Å². The Hall–Kier alpha value is -1.88. The van der Waals surface area contributed by atoms with Gasteiger partial charge in [-0.3, -0.25) is 4.79 Å². The van der Waals surface area contributed by atoms with E-state index in [1.165, 1.54) is 32.4 Å². The highest BCUT2D eigenvalue weighted by Crippen LogP contribution is 2.34. The second-order valence-corrected chi connectivity index (χ2v) is 5.33. The minimum absolute atomic E-state index is 0.237. The maximum atomic E-state index is 13.2. The molecule has 2 rings (SSSR count). The molecule has 0 aliphatic rings. The number of ether oxygens (including phenoxy) is 2. The van der Waals surface area contributed by atoms with Crippen LogP contribution in [0.2, 0.25) is 0 Å². The van der Waals surface area contributed by atoms with Crippen molar-refractivity contribution in [2.75, 3.05) is 14.2 Å². The first-order chi connectivity index (χ1) is 9.97. The van der Waals surface area contributed by atoms with Crippen LogP contribution in [0.1, 0.15) is 21.5 Å². The van der Waals surface area contributed by atoms with Crippen LogP contribution in [-0.2, 0) is 0 Å². The lowest BCUT2D eigenvalue weighted by Crippen LogP contribution is -2.07. The number of aryl methyl sites for hydroxylation is 1. The van der Waals surface area contributed by atoms with Gasteiger partial charge in [0, 0.05) is 16.1 Å². The van der Waals surface area contributed by atoms with E-state index >= 15 is 0 Å². The zero-order valence-electron chi connectivity index (χ0n) is 11.9. The van der Waals surface area contributed by atoms with E-state index in [1.807, 2.05) is 0 Å². The third-order valence-electron chi connectivity index (χ3n) is 3.14. The minimum atomic E-state index is -0.371. The summed E-state index contributed by atoms with van der Waals surface area (Å²) in [5.74, 6) is 0.366. The Bertz CT molecular complexity index is 698. The van der Waals surface area contributed by atoms with E-state index in [4.69, 9.17) is 9.47 Å². The van der Waals surface area contributed by atoms with Gasteiger partial charge in [-0.2, -0.15) is 0 Å². The van der Waals surface area contributed by atoms with Gasteiger partial charge >= 0.3 is 0 Å². The molecule has 0 aromatic heterocycles. The zero-order valence-corrected chi connectivity index (χ0v) is 13.5. The molecule has 0 aliphatic heterocycles. The SMILES string of the molecule is COc1cc(Br)c(C(=O)c2ccc(F)cc2C)c(OC)c1. The van der Waals surface area contributed by atoms with Crippen molar-refractivity contribution >= 4 is 21.7 Å². The van der Waals surface area contributed by atoms with Crippen LogP contribution in [0.25, 0.3) is 0 Å². The van der Waals surface area contributed by atoms with Crippen LogP contribution >= 0.6 is 15.9 Å². The Morgan fingerprint density at radius 3 is 2.43 bits per heavy atom. The van der Waals surface area contributed by atoms with E-state index in [2.05, 4.69) is 15.9 Å². The molecule has 0 radical (unpaired) electrons. The second kappa shape index (κ2) is 6.26. The topological polar surface area (TPSA) is 35.5 Å². The molecule has 0 heterocycles. The summed E-state index contributed by atoms with van der Waals surface area (Å²) in [6.45, 7) is 1.69. The molecule has 21 heavy (non-hydrogen) atoms. The summed E-state index contributed by atoms with van der Waals surface area (Å²) in [5, 5.41) is 0. The van der Waals surface area contributed by atoms with Crippen molar-refractivity contribution in [3.8, 4) is 11.5 Å². The highest BCUT2D eigenvalue weighted by Gasteiger charge is 2.21. The summed E-state index contributed by atoms with van der Waals surface area (Å²) in [6.07, 6.45) is 0. The highest BCUT2D eigenvalue weighted by molar-refractivity contribution is 9.10. The second-order valence-electron chi connectivity index (χ2n) is 4.47. The minimum Gasteiger partial charge on any atom is -0.497 e. The molecule has 0 spiro atoms.